The lowest BCUT2D eigenvalue weighted by Crippen LogP contribution is -2.35. The van der Waals surface area contributed by atoms with E-state index in [1.54, 1.807) is 23.1 Å². The molecule has 6 nitrogen and oxygen atoms in total. The van der Waals surface area contributed by atoms with E-state index in [-0.39, 0.29) is 11.3 Å². The van der Waals surface area contributed by atoms with Crippen molar-refractivity contribution in [1.82, 2.24) is 9.80 Å². The Morgan fingerprint density at radius 3 is 2.33 bits per heavy atom. The Kier molecular flexibility index (Phi) is 7.59. The molecule has 0 aromatic heterocycles. The Balaban J connectivity index is 2.06. The highest BCUT2D eigenvalue weighted by Crippen LogP contribution is 2.39. The first kappa shape index (κ1) is 24.5. The molecule has 33 heavy (non-hydrogen) atoms. The van der Waals surface area contributed by atoms with Crippen LogP contribution < -0.4 is 4.74 Å². The van der Waals surface area contributed by atoms with E-state index in [0.29, 0.717) is 31.2 Å². The summed E-state index contributed by atoms with van der Waals surface area (Å²) in [5, 5.41) is 11.3. The number of carbonyl (C=O) groups excluding carboxylic acids is 2. The van der Waals surface area contributed by atoms with Crippen molar-refractivity contribution in [2.24, 2.45) is 5.92 Å². The molecule has 0 unspecified atom stereocenters. The number of aliphatic hydroxyl groups is 1. The van der Waals surface area contributed by atoms with Crippen molar-refractivity contribution in [2.75, 3.05) is 33.8 Å². The van der Waals surface area contributed by atoms with Crippen LogP contribution in [0.4, 0.5) is 0 Å². The van der Waals surface area contributed by atoms with Crippen LogP contribution in [0.2, 0.25) is 0 Å². The molecular formula is C27H34N2O4. The second-order valence-corrected chi connectivity index (χ2v) is 9.39. The van der Waals surface area contributed by atoms with Gasteiger partial charge in [-0.1, -0.05) is 43.7 Å². The number of aryl methyl sites for hydroxylation is 2. The van der Waals surface area contributed by atoms with Crippen LogP contribution in [0.15, 0.2) is 48.0 Å². The highest BCUT2D eigenvalue weighted by Gasteiger charge is 2.45. The molecule has 1 saturated heterocycles. The van der Waals surface area contributed by atoms with Gasteiger partial charge in [-0.3, -0.25) is 9.59 Å². The van der Waals surface area contributed by atoms with Crippen LogP contribution in [0.1, 0.15) is 42.1 Å². The fraction of sp³-hybridized carbons (Fsp3) is 0.407. The summed E-state index contributed by atoms with van der Waals surface area (Å²) in [5.74, 6) is -0.274. The van der Waals surface area contributed by atoms with E-state index in [9.17, 15) is 14.7 Å². The number of likely N-dealkylation sites (tertiary alicyclic amines) is 1. The molecule has 1 atom stereocenters. The minimum atomic E-state index is -0.658. The summed E-state index contributed by atoms with van der Waals surface area (Å²) < 4.78 is 5.84. The third-order valence-corrected chi connectivity index (χ3v) is 5.74. The molecule has 1 aliphatic heterocycles. The smallest absolute Gasteiger partial charge is 0.295 e. The zero-order valence-electron chi connectivity index (χ0n) is 20.4. The number of ketones is 1. The number of ether oxygens (including phenoxy) is 1. The van der Waals surface area contributed by atoms with Gasteiger partial charge in [0.05, 0.1) is 18.2 Å². The van der Waals surface area contributed by atoms with Crippen molar-refractivity contribution >= 4 is 17.4 Å². The molecule has 0 radical (unpaired) electrons. The van der Waals surface area contributed by atoms with E-state index in [1.165, 1.54) is 0 Å². The number of carbonyl (C=O) groups is 2. The Bertz CT molecular complexity index is 1050. The van der Waals surface area contributed by atoms with Crippen LogP contribution >= 0.6 is 0 Å². The molecule has 1 amide bonds. The molecule has 1 N–H and O–H groups in total. The van der Waals surface area contributed by atoms with E-state index in [4.69, 9.17) is 4.74 Å². The number of hydrogen-bond donors (Lipinski definition) is 1. The first-order valence-corrected chi connectivity index (χ1v) is 11.3. The number of aliphatic hydroxyl groups excluding tert-OH is 1. The van der Waals surface area contributed by atoms with Crippen molar-refractivity contribution in [3.8, 4) is 5.75 Å². The standard InChI is InChI=1S/C27H34N2O4/c1-17(2)16-33-22-12-11-21(15-19(22)4)25(30)23-24(20-9-7-18(3)8-10-20)29(14-13-28(5)6)27(32)26(23)31/h7-12,15,17,24,30H,13-14,16H2,1-6H3/b25-23+/t24-/m1/s1. The normalized spacial score (nSPS) is 17.9. The van der Waals surface area contributed by atoms with E-state index in [0.717, 1.165) is 22.4 Å². The molecule has 2 aromatic carbocycles. The molecular weight excluding hydrogens is 416 g/mol. The van der Waals surface area contributed by atoms with Crippen LogP contribution in [0.25, 0.3) is 5.76 Å². The van der Waals surface area contributed by atoms with Crippen LogP contribution in [0.5, 0.6) is 5.75 Å². The number of nitrogens with zero attached hydrogens (tertiary/aromatic N) is 2. The van der Waals surface area contributed by atoms with Gasteiger partial charge < -0.3 is 19.6 Å². The van der Waals surface area contributed by atoms with Gasteiger partial charge in [-0.25, -0.2) is 0 Å². The minimum Gasteiger partial charge on any atom is -0.507 e. The Labute approximate surface area is 196 Å². The lowest BCUT2D eigenvalue weighted by Gasteiger charge is -2.26. The van der Waals surface area contributed by atoms with Gasteiger partial charge in [-0.05, 0) is 63.2 Å². The second-order valence-electron chi connectivity index (χ2n) is 9.39. The molecule has 6 heteroatoms. The molecule has 1 fully saturated rings. The van der Waals surface area contributed by atoms with Gasteiger partial charge in [0.15, 0.2) is 0 Å². The Morgan fingerprint density at radius 1 is 1.09 bits per heavy atom. The molecule has 0 aliphatic carbocycles. The first-order chi connectivity index (χ1) is 15.6. The number of amides is 1. The lowest BCUT2D eigenvalue weighted by molar-refractivity contribution is -0.140. The van der Waals surface area contributed by atoms with Gasteiger partial charge in [0.2, 0.25) is 0 Å². The number of likely N-dealkylation sites (N-methyl/N-ethyl adjacent to an activating group) is 1. The van der Waals surface area contributed by atoms with Crippen molar-refractivity contribution in [3.63, 3.8) is 0 Å². The van der Waals surface area contributed by atoms with Crippen LogP contribution in [0.3, 0.4) is 0 Å². The van der Waals surface area contributed by atoms with Gasteiger partial charge in [0.25, 0.3) is 11.7 Å². The number of benzene rings is 2. The third-order valence-electron chi connectivity index (χ3n) is 5.74. The number of rotatable bonds is 8. The molecule has 1 aliphatic rings. The fourth-order valence-corrected chi connectivity index (χ4v) is 3.88. The van der Waals surface area contributed by atoms with Crippen molar-refractivity contribution in [3.05, 3.63) is 70.3 Å². The molecule has 176 valence electrons. The van der Waals surface area contributed by atoms with Crippen molar-refractivity contribution < 1.29 is 19.4 Å². The predicted molar refractivity (Wildman–Crippen MR) is 130 cm³/mol. The van der Waals surface area contributed by atoms with Gasteiger partial charge in [0, 0.05) is 18.7 Å². The summed E-state index contributed by atoms with van der Waals surface area (Å²) in [6.07, 6.45) is 0. The van der Waals surface area contributed by atoms with Crippen LogP contribution in [-0.2, 0) is 9.59 Å². The average molecular weight is 451 g/mol. The minimum absolute atomic E-state index is 0.123. The van der Waals surface area contributed by atoms with Gasteiger partial charge in [-0.2, -0.15) is 0 Å². The summed E-state index contributed by atoms with van der Waals surface area (Å²) in [4.78, 5) is 29.6. The zero-order chi connectivity index (χ0) is 24.3. The van der Waals surface area contributed by atoms with E-state index in [1.807, 2.05) is 57.1 Å². The van der Waals surface area contributed by atoms with Gasteiger partial charge in [0.1, 0.15) is 11.5 Å². The maximum atomic E-state index is 13.1. The van der Waals surface area contributed by atoms with Crippen molar-refractivity contribution in [2.45, 2.75) is 33.7 Å². The SMILES string of the molecule is Cc1ccc([C@@H]2/C(=C(\O)c3ccc(OCC(C)C)c(C)c3)C(=O)C(=O)N2CCN(C)C)cc1. The lowest BCUT2D eigenvalue weighted by atomic mass is 9.94. The van der Waals surface area contributed by atoms with Crippen LogP contribution in [-0.4, -0.2) is 60.4 Å². The molecule has 3 rings (SSSR count). The molecule has 1 heterocycles. The number of hydrogen-bond acceptors (Lipinski definition) is 5. The molecule has 0 bridgehead atoms. The Hall–Kier alpha value is -3.12. The number of Topliss-reactive ketones (excluding diaryl/α,β-unsaturated/α-hetero) is 1. The largest absolute Gasteiger partial charge is 0.507 e. The second kappa shape index (κ2) is 10.2. The monoisotopic (exact) mass is 450 g/mol. The molecule has 0 spiro atoms. The van der Waals surface area contributed by atoms with Crippen LogP contribution in [0, 0.1) is 19.8 Å². The van der Waals surface area contributed by atoms with E-state index >= 15 is 0 Å². The topological polar surface area (TPSA) is 70.1 Å². The van der Waals surface area contributed by atoms with E-state index < -0.39 is 17.7 Å². The summed E-state index contributed by atoms with van der Waals surface area (Å²) in [6, 6.07) is 12.4. The predicted octanol–water partition coefficient (Wildman–Crippen LogP) is 4.32. The molecule has 0 saturated carbocycles. The quantitative estimate of drug-likeness (QED) is 0.368. The van der Waals surface area contributed by atoms with Gasteiger partial charge >= 0.3 is 0 Å². The van der Waals surface area contributed by atoms with E-state index in [2.05, 4.69) is 13.8 Å². The first-order valence-electron chi connectivity index (χ1n) is 11.3. The maximum absolute atomic E-state index is 13.1. The summed E-state index contributed by atoms with van der Waals surface area (Å²) in [5.41, 5.74) is 3.35. The highest BCUT2D eigenvalue weighted by atomic mass is 16.5. The summed E-state index contributed by atoms with van der Waals surface area (Å²) >= 11 is 0. The summed E-state index contributed by atoms with van der Waals surface area (Å²) in [7, 11) is 3.84. The zero-order valence-corrected chi connectivity index (χ0v) is 20.4. The maximum Gasteiger partial charge on any atom is 0.295 e. The molecule has 2 aromatic rings. The Morgan fingerprint density at radius 2 is 1.76 bits per heavy atom. The van der Waals surface area contributed by atoms with Crippen molar-refractivity contribution in [1.29, 1.82) is 0 Å². The fourth-order valence-electron chi connectivity index (χ4n) is 3.88. The highest BCUT2D eigenvalue weighted by molar-refractivity contribution is 6.46. The average Bonchev–Trinajstić information content (AvgIpc) is 3.01. The summed E-state index contributed by atoms with van der Waals surface area (Å²) in [6.45, 7) is 9.63. The third kappa shape index (κ3) is 5.45. The van der Waals surface area contributed by atoms with Gasteiger partial charge in [-0.15, -0.1) is 0 Å².